The number of carbonyl (C=O) groups is 1. The summed E-state index contributed by atoms with van der Waals surface area (Å²) in [6.07, 6.45) is 1.81. The number of nitrogens with two attached hydrogens (primary N) is 1. The molecule has 0 aliphatic rings. The highest BCUT2D eigenvalue weighted by atomic mass is 79.9. The van der Waals surface area contributed by atoms with Crippen LogP contribution in [0.4, 0.5) is 0 Å². The molecule has 0 aliphatic carbocycles. The Morgan fingerprint density at radius 3 is 2.86 bits per heavy atom. The van der Waals surface area contributed by atoms with Crippen molar-refractivity contribution in [2.24, 2.45) is 5.73 Å². The van der Waals surface area contributed by atoms with Crippen LogP contribution in [0.5, 0.6) is 0 Å². The average Bonchev–Trinajstić information content (AvgIpc) is 2.47. The minimum atomic E-state index is -0.460. The van der Waals surface area contributed by atoms with E-state index in [0.717, 1.165) is 10.2 Å². The fourth-order valence-corrected chi connectivity index (χ4v) is 1.25. The van der Waals surface area contributed by atoms with Crippen LogP contribution in [0.3, 0.4) is 0 Å². The summed E-state index contributed by atoms with van der Waals surface area (Å²) in [6, 6.07) is 1.44. The van der Waals surface area contributed by atoms with Crippen LogP contribution in [0, 0.1) is 0 Å². The van der Waals surface area contributed by atoms with Crippen molar-refractivity contribution in [1.82, 2.24) is 10.3 Å². The topological polar surface area (TPSA) is 70.9 Å². The summed E-state index contributed by atoms with van der Waals surface area (Å²) in [5.41, 5.74) is 6.32. The summed E-state index contributed by atoms with van der Waals surface area (Å²) in [5.74, 6) is -0.147. The molecule has 0 bridgehead atoms. The van der Waals surface area contributed by atoms with Gasteiger partial charge in [0.2, 0.25) is 5.91 Å². The van der Waals surface area contributed by atoms with Crippen LogP contribution in [0.1, 0.15) is 12.6 Å². The standard InChI is InChI=1S/C8H12BrN3O.ClH/c1-5(10)8(13)12-4-7-2-6(9)3-11-7;/h2-3,5,11H,4,10H2,1H3,(H,12,13);1H. The molecule has 1 rings (SSSR count). The molecule has 0 spiro atoms. The first kappa shape index (κ1) is 13.5. The molecule has 1 amide bonds. The molecular formula is C8H13BrClN3O. The van der Waals surface area contributed by atoms with E-state index < -0.39 is 6.04 Å². The van der Waals surface area contributed by atoms with Crippen LogP contribution in [-0.4, -0.2) is 16.9 Å². The molecule has 4 nitrogen and oxygen atoms in total. The van der Waals surface area contributed by atoms with Crippen molar-refractivity contribution in [2.45, 2.75) is 19.5 Å². The summed E-state index contributed by atoms with van der Waals surface area (Å²) in [7, 11) is 0. The molecular weight excluding hydrogens is 269 g/mol. The highest BCUT2D eigenvalue weighted by molar-refractivity contribution is 9.10. The first-order valence-electron chi connectivity index (χ1n) is 3.95. The Bertz CT molecular complexity index is 301. The predicted molar refractivity (Wildman–Crippen MR) is 61.2 cm³/mol. The Morgan fingerprint density at radius 2 is 2.43 bits per heavy atom. The number of aromatic amines is 1. The maximum Gasteiger partial charge on any atom is 0.236 e. The Balaban J connectivity index is 0.00000169. The Morgan fingerprint density at radius 1 is 1.79 bits per heavy atom. The van der Waals surface area contributed by atoms with Gasteiger partial charge in [0, 0.05) is 16.4 Å². The van der Waals surface area contributed by atoms with Crippen molar-refractivity contribution < 1.29 is 4.79 Å². The number of halogens is 2. The van der Waals surface area contributed by atoms with Crippen molar-refractivity contribution in [1.29, 1.82) is 0 Å². The van der Waals surface area contributed by atoms with E-state index in [9.17, 15) is 4.79 Å². The molecule has 1 heterocycles. The smallest absolute Gasteiger partial charge is 0.236 e. The fourth-order valence-electron chi connectivity index (χ4n) is 0.857. The Labute approximate surface area is 97.2 Å². The minimum Gasteiger partial charge on any atom is -0.362 e. The number of rotatable bonds is 3. The molecule has 1 unspecified atom stereocenters. The second-order valence-corrected chi connectivity index (χ2v) is 3.77. The van der Waals surface area contributed by atoms with Crippen molar-refractivity contribution >= 4 is 34.2 Å². The molecule has 0 radical (unpaired) electrons. The molecule has 0 saturated heterocycles. The van der Waals surface area contributed by atoms with Gasteiger partial charge < -0.3 is 16.0 Å². The average molecular weight is 283 g/mol. The van der Waals surface area contributed by atoms with Crippen LogP contribution in [0.15, 0.2) is 16.7 Å². The van der Waals surface area contributed by atoms with Crippen LogP contribution in [-0.2, 0) is 11.3 Å². The van der Waals surface area contributed by atoms with E-state index in [1.54, 1.807) is 6.92 Å². The molecule has 0 fully saturated rings. The van der Waals surface area contributed by atoms with Gasteiger partial charge in [0.1, 0.15) is 0 Å². The number of H-pyrrole nitrogens is 1. The van der Waals surface area contributed by atoms with E-state index in [-0.39, 0.29) is 18.3 Å². The number of hydrogen-bond donors (Lipinski definition) is 3. The molecule has 6 heteroatoms. The van der Waals surface area contributed by atoms with Gasteiger partial charge in [-0.2, -0.15) is 0 Å². The van der Waals surface area contributed by atoms with Gasteiger partial charge >= 0.3 is 0 Å². The van der Waals surface area contributed by atoms with E-state index in [4.69, 9.17) is 5.73 Å². The van der Waals surface area contributed by atoms with E-state index in [1.807, 2.05) is 12.3 Å². The van der Waals surface area contributed by atoms with Gasteiger partial charge in [0.15, 0.2) is 0 Å². The SMILES string of the molecule is CC(N)C(=O)NCc1cc(Br)c[nH]1.Cl. The van der Waals surface area contributed by atoms with Gasteiger partial charge in [-0.25, -0.2) is 0 Å². The van der Waals surface area contributed by atoms with Gasteiger partial charge in [-0.3, -0.25) is 4.79 Å². The van der Waals surface area contributed by atoms with Gasteiger partial charge in [0.25, 0.3) is 0 Å². The lowest BCUT2D eigenvalue weighted by atomic mass is 10.3. The molecule has 1 aromatic rings. The van der Waals surface area contributed by atoms with E-state index in [1.165, 1.54) is 0 Å². The van der Waals surface area contributed by atoms with E-state index >= 15 is 0 Å². The summed E-state index contributed by atoms with van der Waals surface area (Å²) in [6.45, 7) is 2.13. The third kappa shape index (κ3) is 4.13. The van der Waals surface area contributed by atoms with E-state index in [0.29, 0.717) is 6.54 Å². The second-order valence-electron chi connectivity index (χ2n) is 2.85. The van der Waals surface area contributed by atoms with Crippen molar-refractivity contribution in [3.05, 3.63) is 22.4 Å². The second kappa shape index (κ2) is 6.06. The lowest BCUT2D eigenvalue weighted by Crippen LogP contribution is -2.37. The highest BCUT2D eigenvalue weighted by Crippen LogP contribution is 2.09. The summed E-state index contributed by atoms with van der Waals surface area (Å²) >= 11 is 3.30. The van der Waals surface area contributed by atoms with Crippen LogP contribution < -0.4 is 11.1 Å². The van der Waals surface area contributed by atoms with Gasteiger partial charge in [-0.05, 0) is 28.9 Å². The third-order valence-corrected chi connectivity index (χ3v) is 2.03. The van der Waals surface area contributed by atoms with Crippen molar-refractivity contribution in [3.8, 4) is 0 Å². The van der Waals surface area contributed by atoms with Gasteiger partial charge in [-0.15, -0.1) is 12.4 Å². The third-order valence-electron chi connectivity index (χ3n) is 1.57. The largest absolute Gasteiger partial charge is 0.362 e. The zero-order valence-corrected chi connectivity index (χ0v) is 10.1. The normalized spacial score (nSPS) is 11.6. The van der Waals surface area contributed by atoms with Crippen LogP contribution in [0.2, 0.25) is 0 Å². The Kier molecular flexibility index (Phi) is 5.83. The number of carbonyl (C=O) groups excluding carboxylic acids is 1. The molecule has 0 aliphatic heterocycles. The lowest BCUT2D eigenvalue weighted by molar-refractivity contribution is -0.122. The predicted octanol–water partition coefficient (Wildman–Crippen LogP) is 1.16. The van der Waals surface area contributed by atoms with Gasteiger partial charge in [0.05, 0.1) is 12.6 Å². The molecule has 0 aromatic carbocycles. The fraction of sp³-hybridized carbons (Fsp3) is 0.375. The lowest BCUT2D eigenvalue weighted by Gasteiger charge is -2.05. The molecule has 80 valence electrons. The number of nitrogens with one attached hydrogen (secondary N) is 2. The van der Waals surface area contributed by atoms with Crippen molar-refractivity contribution in [2.75, 3.05) is 0 Å². The minimum absolute atomic E-state index is 0. The highest BCUT2D eigenvalue weighted by Gasteiger charge is 2.06. The molecule has 4 N–H and O–H groups in total. The quantitative estimate of drug-likeness (QED) is 0.778. The maximum atomic E-state index is 11.1. The zero-order chi connectivity index (χ0) is 9.84. The number of hydrogen-bond acceptors (Lipinski definition) is 2. The first-order chi connectivity index (χ1) is 6.09. The van der Waals surface area contributed by atoms with E-state index in [2.05, 4.69) is 26.2 Å². The summed E-state index contributed by atoms with van der Waals surface area (Å²) < 4.78 is 0.970. The van der Waals surface area contributed by atoms with Crippen LogP contribution >= 0.6 is 28.3 Å². The molecule has 1 atom stereocenters. The summed E-state index contributed by atoms with van der Waals surface area (Å²) in [5, 5.41) is 2.70. The van der Waals surface area contributed by atoms with Crippen LogP contribution in [0.25, 0.3) is 0 Å². The molecule has 0 saturated carbocycles. The van der Waals surface area contributed by atoms with Gasteiger partial charge in [-0.1, -0.05) is 0 Å². The van der Waals surface area contributed by atoms with Crippen molar-refractivity contribution in [3.63, 3.8) is 0 Å². The Hall–Kier alpha value is -0.520. The monoisotopic (exact) mass is 281 g/mol. The maximum absolute atomic E-state index is 11.1. The molecule has 14 heavy (non-hydrogen) atoms. The molecule has 1 aromatic heterocycles. The summed E-state index contributed by atoms with van der Waals surface area (Å²) in [4.78, 5) is 14.1. The number of aromatic nitrogens is 1. The number of amides is 1. The first-order valence-corrected chi connectivity index (χ1v) is 4.75. The zero-order valence-electron chi connectivity index (χ0n) is 7.71.